The third-order valence-electron chi connectivity index (χ3n) is 1.59. The molecule has 0 rings (SSSR count). The fourth-order valence-electron chi connectivity index (χ4n) is 0.884. The number of hydrogen-bond donors (Lipinski definition) is 0. The van der Waals surface area contributed by atoms with Gasteiger partial charge in [0.05, 0.1) is 7.11 Å². The zero-order valence-corrected chi connectivity index (χ0v) is 10.1. The molecule has 70 valence electrons. The van der Waals surface area contributed by atoms with Crippen molar-refractivity contribution in [1.29, 1.82) is 0 Å². The van der Waals surface area contributed by atoms with E-state index in [0.29, 0.717) is 23.5 Å². The molecule has 0 aliphatic carbocycles. The van der Waals surface area contributed by atoms with Crippen molar-refractivity contribution in [2.45, 2.75) is 20.3 Å². The summed E-state index contributed by atoms with van der Waals surface area (Å²) in [5.41, 5.74) is 1.73. The van der Waals surface area contributed by atoms with Crippen LogP contribution in [0.3, 0.4) is 0 Å². The lowest BCUT2D eigenvalue weighted by Crippen LogP contribution is -2.08. The quantitative estimate of drug-likeness (QED) is 0.359. The molecule has 0 radical (unpaired) electrons. The van der Waals surface area contributed by atoms with Gasteiger partial charge in [0.1, 0.15) is 10.5 Å². The van der Waals surface area contributed by atoms with Crippen LogP contribution < -0.4 is 0 Å². The Morgan fingerprint density at radius 3 is 2.33 bits per heavy atom. The molecule has 3 nitrogen and oxygen atoms in total. The Balaban J connectivity index is 4.26. The zero-order chi connectivity index (χ0) is 9.56. The summed E-state index contributed by atoms with van der Waals surface area (Å²) >= 11 is 0. The molecule has 0 amide bonds. The van der Waals surface area contributed by atoms with Gasteiger partial charge in [0, 0.05) is 18.6 Å². The van der Waals surface area contributed by atoms with E-state index in [0.717, 1.165) is 11.1 Å². The number of carbonyl (C=O) groups excluding carboxylic acids is 1. The summed E-state index contributed by atoms with van der Waals surface area (Å²) in [6, 6.07) is 0. The molecule has 0 aliphatic heterocycles. The highest BCUT2D eigenvalue weighted by Crippen LogP contribution is 2.09. The van der Waals surface area contributed by atoms with Crippen LogP contribution >= 0.6 is 0 Å². The Hall–Kier alpha value is -0.613. The number of methoxy groups -OCH3 is 1. The standard InChI is InChI=1S/C8H16O3Si/c1-6(2)7(4-5-11-12)8(9)10-3/h4-5H2,1-3,12H3. The molecule has 0 fully saturated rings. The van der Waals surface area contributed by atoms with Gasteiger partial charge in [-0.15, -0.1) is 0 Å². The molecule has 0 spiro atoms. The van der Waals surface area contributed by atoms with Crippen molar-refractivity contribution in [3.05, 3.63) is 11.1 Å². The van der Waals surface area contributed by atoms with Crippen LogP contribution in [-0.4, -0.2) is 30.2 Å². The highest BCUT2D eigenvalue weighted by Gasteiger charge is 2.09. The van der Waals surface area contributed by atoms with Crippen molar-refractivity contribution in [2.75, 3.05) is 13.7 Å². The highest BCUT2D eigenvalue weighted by atomic mass is 28.2. The maximum Gasteiger partial charge on any atom is 0.333 e. The first kappa shape index (κ1) is 11.4. The minimum Gasteiger partial charge on any atom is -0.466 e. The van der Waals surface area contributed by atoms with Crippen molar-refractivity contribution in [3.8, 4) is 0 Å². The summed E-state index contributed by atoms with van der Waals surface area (Å²) < 4.78 is 9.64. The minimum absolute atomic E-state index is 0.242. The Labute approximate surface area is 76.3 Å². The van der Waals surface area contributed by atoms with Gasteiger partial charge in [-0.3, -0.25) is 0 Å². The Bertz CT molecular complexity index is 183. The maximum absolute atomic E-state index is 11.1. The van der Waals surface area contributed by atoms with E-state index in [1.165, 1.54) is 7.11 Å². The first-order chi connectivity index (χ1) is 5.63. The predicted octanol–water partition coefficient (Wildman–Crippen LogP) is 0.183. The molecule has 0 unspecified atom stereocenters. The average Bonchev–Trinajstić information content (AvgIpc) is 2.04. The molecular weight excluding hydrogens is 172 g/mol. The van der Waals surface area contributed by atoms with E-state index in [4.69, 9.17) is 4.43 Å². The van der Waals surface area contributed by atoms with Crippen LogP contribution in [0.15, 0.2) is 11.1 Å². The monoisotopic (exact) mass is 188 g/mol. The third-order valence-corrected chi connectivity index (χ3v) is 2.00. The molecule has 0 heterocycles. The summed E-state index contributed by atoms with van der Waals surface area (Å²) in [6.45, 7) is 4.42. The highest BCUT2D eigenvalue weighted by molar-refractivity contribution is 5.98. The van der Waals surface area contributed by atoms with E-state index < -0.39 is 0 Å². The van der Waals surface area contributed by atoms with Gasteiger partial charge >= 0.3 is 5.97 Å². The number of esters is 1. The van der Waals surface area contributed by atoms with Gasteiger partial charge < -0.3 is 9.16 Å². The first-order valence-corrected chi connectivity index (χ1v) is 4.68. The smallest absolute Gasteiger partial charge is 0.333 e. The molecule has 0 atom stereocenters. The molecule has 0 aromatic heterocycles. The van der Waals surface area contributed by atoms with Gasteiger partial charge in [0.25, 0.3) is 0 Å². The van der Waals surface area contributed by atoms with E-state index in [1.807, 2.05) is 13.8 Å². The van der Waals surface area contributed by atoms with E-state index in [1.54, 1.807) is 0 Å². The second-order valence-corrected chi connectivity index (χ2v) is 3.29. The molecule has 0 bridgehead atoms. The summed E-state index contributed by atoms with van der Waals surface area (Å²) in [5.74, 6) is -0.242. The second-order valence-electron chi connectivity index (χ2n) is 2.71. The number of hydrogen-bond acceptors (Lipinski definition) is 3. The predicted molar refractivity (Wildman–Crippen MR) is 50.9 cm³/mol. The van der Waals surface area contributed by atoms with Gasteiger partial charge in [-0.05, 0) is 13.8 Å². The molecule has 0 saturated carbocycles. The summed E-state index contributed by atoms with van der Waals surface area (Å²) in [7, 11) is 2.11. The van der Waals surface area contributed by atoms with Crippen LogP contribution in [0, 0.1) is 0 Å². The first-order valence-electron chi connectivity index (χ1n) is 3.87. The Kier molecular flexibility index (Phi) is 5.66. The minimum atomic E-state index is -0.242. The Morgan fingerprint density at radius 1 is 1.42 bits per heavy atom. The van der Waals surface area contributed by atoms with E-state index in [-0.39, 0.29) is 5.97 Å². The van der Waals surface area contributed by atoms with Crippen LogP contribution in [-0.2, 0) is 14.0 Å². The zero-order valence-electron chi connectivity index (χ0n) is 8.14. The molecule has 0 saturated heterocycles. The van der Waals surface area contributed by atoms with Gasteiger partial charge in [-0.2, -0.15) is 0 Å². The summed E-state index contributed by atoms with van der Waals surface area (Å²) in [5, 5.41) is 0. The summed E-state index contributed by atoms with van der Waals surface area (Å²) in [4.78, 5) is 11.1. The van der Waals surface area contributed by atoms with E-state index >= 15 is 0 Å². The van der Waals surface area contributed by atoms with Crippen LogP contribution in [0.2, 0.25) is 0 Å². The van der Waals surface area contributed by atoms with E-state index in [2.05, 4.69) is 4.74 Å². The molecule has 12 heavy (non-hydrogen) atoms. The van der Waals surface area contributed by atoms with Crippen LogP contribution in [0.25, 0.3) is 0 Å². The van der Waals surface area contributed by atoms with Crippen molar-refractivity contribution >= 4 is 16.5 Å². The fourth-order valence-corrected chi connectivity index (χ4v) is 1.09. The lowest BCUT2D eigenvalue weighted by molar-refractivity contribution is -0.136. The number of allylic oxidation sites excluding steroid dienone is 1. The van der Waals surface area contributed by atoms with Crippen molar-refractivity contribution in [1.82, 2.24) is 0 Å². The van der Waals surface area contributed by atoms with Crippen LogP contribution in [0.5, 0.6) is 0 Å². The SMILES string of the molecule is COC(=O)C(CCO[SiH3])=C(C)C. The topological polar surface area (TPSA) is 35.5 Å². The lowest BCUT2D eigenvalue weighted by atomic mass is 10.1. The number of ether oxygens (including phenoxy) is 1. The normalized spacial score (nSPS) is 9.58. The largest absolute Gasteiger partial charge is 0.466 e. The van der Waals surface area contributed by atoms with Gasteiger partial charge in [0.15, 0.2) is 0 Å². The molecule has 0 N–H and O–H groups in total. The number of rotatable bonds is 4. The maximum atomic E-state index is 11.1. The van der Waals surface area contributed by atoms with Gasteiger partial charge in [-0.1, -0.05) is 5.57 Å². The van der Waals surface area contributed by atoms with Gasteiger partial charge in [-0.25, -0.2) is 4.79 Å². The summed E-state index contributed by atoms with van der Waals surface area (Å²) in [6.07, 6.45) is 0.651. The molecule has 0 aromatic carbocycles. The lowest BCUT2D eigenvalue weighted by Gasteiger charge is -2.06. The third kappa shape index (κ3) is 3.68. The Morgan fingerprint density at radius 2 is 2.00 bits per heavy atom. The molecule has 4 heteroatoms. The van der Waals surface area contributed by atoms with E-state index in [9.17, 15) is 4.79 Å². The van der Waals surface area contributed by atoms with Crippen LogP contribution in [0.4, 0.5) is 0 Å². The van der Waals surface area contributed by atoms with Crippen molar-refractivity contribution in [3.63, 3.8) is 0 Å². The van der Waals surface area contributed by atoms with Crippen LogP contribution in [0.1, 0.15) is 20.3 Å². The second kappa shape index (κ2) is 5.96. The average molecular weight is 188 g/mol. The molecule has 0 aromatic rings. The molecule has 0 aliphatic rings. The van der Waals surface area contributed by atoms with Gasteiger partial charge in [0.2, 0.25) is 0 Å². The molecular formula is C8H16O3Si. The van der Waals surface area contributed by atoms with Crippen molar-refractivity contribution in [2.24, 2.45) is 0 Å². The fraction of sp³-hybridized carbons (Fsp3) is 0.625. The van der Waals surface area contributed by atoms with Crippen molar-refractivity contribution < 1.29 is 14.0 Å². The number of carbonyl (C=O) groups is 1.